The van der Waals surface area contributed by atoms with Gasteiger partial charge in [0.25, 0.3) is 11.6 Å². The molecule has 1 saturated carbocycles. The molecule has 0 spiro atoms. The molecule has 0 atom stereocenters. The van der Waals surface area contributed by atoms with Gasteiger partial charge in [0.1, 0.15) is 23.5 Å². The molecule has 0 saturated heterocycles. The number of pyridine rings is 1. The molecule has 36 heavy (non-hydrogen) atoms. The summed E-state index contributed by atoms with van der Waals surface area (Å²) >= 11 is 0. The molecule has 3 aromatic heterocycles. The zero-order valence-corrected chi connectivity index (χ0v) is 19.6. The van der Waals surface area contributed by atoms with Crippen LogP contribution in [-0.4, -0.2) is 25.2 Å². The highest BCUT2D eigenvalue weighted by molar-refractivity contribution is 6.17. The lowest BCUT2D eigenvalue weighted by Gasteiger charge is -2.17. The molecule has 10 heteroatoms. The van der Waals surface area contributed by atoms with Crippen molar-refractivity contribution in [3.8, 4) is 0 Å². The van der Waals surface area contributed by atoms with Crippen molar-refractivity contribution in [2.45, 2.75) is 32.4 Å². The topological polar surface area (TPSA) is 162 Å². The van der Waals surface area contributed by atoms with Crippen LogP contribution in [0.3, 0.4) is 0 Å². The number of aryl methyl sites for hydroxylation is 1. The van der Waals surface area contributed by atoms with Gasteiger partial charge in [-0.15, -0.1) is 0 Å². The number of aromatic nitrogens is 4. The van der Waals surface area contributed by atoms with E-state index in [0.717, 1.165) is 34.9 Å². The van der Waals surface area contributed by atoms with Gasteiger partial charge in [0, 0.05) is 17.3 Å². The molecule has 1 aliphatic carbocycles. The van der Waals surface area contributed by atoms with Crippen molar-refractivity contribution >= 4 is 45.2 Å². The summed E-state index contributed by atoms with van der Waals surface area (Å²) in [4.78, 5) is 26.0. The maximum atomic E-state index is 13.4. The Morgan fingerprint density at radius 3 is 2.83 bits per heavy atom. The summed E-state index contributed by atoms with van der Waals surface area (Å²) in [6.07, 6.45) is 3.32. The second-order valence-corrected chi connectivity index (χ2v) is 9.03. The normalized spacial score (nSPS) is 13.4. The van der Waals surface area contributed by atoms with Gasteiger partial charge in [0.15, 0.2) is 5.58 Å². The van der Waals surface area contributed by atoms with Gasteiger partial charge in [-0.25, -0.2) is 9.97 Å². The first-order valence-electron chi connectivity index (χ1n) is 11.6. The molecule has 0 unspecified atom stereocenters. The molecular weight excluding hydrogens is 456 g/mol. The van der Waals surface area contributed by atoms with Gasteiger partial charge in [-0.2, -0.15) is 4.98 Å². The third kappa shape index (κ3) is 3.63. The van der Waals surface area contributed by atoms with Crippen LogP contribution in [0.25, 0.3) is 21.9 Å². The molecule has 3 heterocycles. The molecule has 0 amide bonds. The molecule has 0 bridgehead atoms. The summed E-state index contributed by atoms with van der Waals surface area (Å²) < 4.78 is 7.22. The number of nitrogens with two attached hydrogens (primary N) is 2. The maximum absolute atomic E-state index is 13.4. The van der Waals surface area contributed by atoms with Crippen LogP contribution in [0.2, 0.25) is 0 Å². The fraction of sp³-hybridized carbons (Fsp3) is 0.192. The predicted octanol–water partition coefficient (Wildman–Crippen LogP) is 3.77. The lowest BCUT2D eigenvalue weighted by Crippen LogP contribution is -2.25. The molecule has 1 fully saturated rings. The number of rotatable bonds is 6. The Morgan fingerprint density at radius 2 is 2.03 bits per heavy atom. The van der Waals surface area contributed by atoms with Crippen molar-refractivity contribution in [3.63, 3.8) is 0 Å². The van der Waals surface area contributed by atoms with Crippen LogP contribution in [0.5, 0.6) is 0 Å². The average Bonchev–Trinajstić information content (AvgIpc) is 3.61. The first-order chi connectivity index (χ1) is 17.4. The summed E-state index contributed by atoms with van der Waals surface area (Å²) in [7, 11) is 0. The van der Waals surface area contributed by atoms with Gasteiger partial charge in [-0.05, 0) is 55.0 Å². The van der Waals surface area contributed by atoms with Crippen LogP contribution >= 0.6 is 0 Å². The first-order valence-corrected chi connectivity index (χ1v) is 11.6. The summed E-state index contributed by atoms with van der Waals surface area (Å²) in [6.45, 7) is 2.30. The third-order valence-electron chi connectivity index (χ3n) is 6.54. The smallest absolute Gasteiger partial charge is 0.292 e. The Hall–Kier alpha value is -4.73. The lowest BCUT2D eigenvalue weighted by atomic mass is 10.0. The van der Waals surface area contributed by atoms with Crippen LogP contribution in [0.1, 0.15) is 41.3 Å². The van der Waals surface area contributed by atoms with Gasteiger partial charge >= 0.3 is 0 Å². The van der Waals surface area contributed by atoms with Crippen molar-refractivity contribution in [1.82, 2.24) is 19.5 Å². The number of oxazole rings is 1. The van der Waals surface area contributed by atoms with E-state index >= 15 is 0 Å². The molecule has 1 aliphatic rings. The van der Waals surface area contributed by atoms with E-state index < -0.39 is 0 Å². The molecule has 0 aliphatic heterocycles. The molecule has 5 aromatic rings. The molecule has 6 N–H and O–H groups in total. The summed E-state index contributed by atoms with van der Waals surface area (Å²) in [6, 6.07) is 13.4. The highest BCUT2D eigenvalue weighted by Gasteiger charge is 2.28. The van der Waals surface area contributed by atoms with Crippen LogP contribution in [0.15, 0.2) is 58.0 Å². The number of benzene rings is 2. The van der Waals surface area contributed by atoms with E-state index in [2.05, 4.69) is 20.3 Å². The van der Waals surface area contributed by atoms with E-state index in [1.165, 1.54) is 6.33 Å². The summed E-state index contributed by atoms with van der Waals surface area (Å²) in [5.74, 6) is 0.581. The van der Waals surface area contributed by atoms with Gasteiger partial charge in [0.2, 0.25) is 0 Å². The Morgan fingerprint density at radius 1 is 1.19 bits per heavy atom. The minimum Gasteiger partial charge on any atom is -0.424 e. The number of nitrogens with one attached hydrogen (secondary N) is 2. The highest BCUT2D eigenvalue weighted by Crippen LogP contribution is 2.36. The predicted molar refractivity (Wildman–Crippen MR) is 139 cm³/mol. The number of anilines is 3. The molecule has 6 rings (SSSR count). The van der Waals surface area contributed by atoms with Crippen LogP contribution < -0.4 is 22.3 Å². The molecule has 10 nitrogen and oxygen atoms in total. The number of nitrogens with zero attached hydrogens (tertiary/aromatic N) is 4. The molecular formula is C26H24N8O2. The van der Waals surface area contributed by atoms with Gasteiger partial charge < -0.3 is 25.8 Å². The van der Waals surface area contributed by atoms with Crippen LogP contribution in [0.4, 0.5) is 17.7 Å². The highest BCUT2D eigenvalue weighted by atomic mass is 16.4. The van der Waals surface area contributed by atoms with E-state index in [0.29, 0.717) is 34.6 Å². The van der Waals surface area contributed by atoms with Crippen LogP contribution in [-0.2, 0) is 6.54 Å². The van der Waals surface area contributed by atoms with E-state index in [9.17, 15) is 4.79 Å². The van der Waals surface area contributed by atoms with Gasteiger partial charge in [0.05, 0.1) is 23.2 Å². The molecule has 0 radical (unpaired) electrons. The molecule has 180 valence electrons. The van der Waals surface area contributed by atoms with Crippen LogP contribution in [0, 0.1) is 12.3 Å². The Labute approximate surface area is 205 Å². The number of nitrogen functional groups attached to an aromatic ring is 2. The van der Waals surface area contributed by atoms with Crippen molar-refractivity contribution < 1.29 is 4.42 Å². The van der Waals surface area contributed by atoms with Gasteiger partial charge in [-0.1, -0.05) is 18.2 Å². The first kappa shape index (κ1) is 21.8. The number of hydrogen-bond donors (Lipinski definition) is 4. The van der Waals surface area contributed by atoms with Crippen molar-refractivity contribution in [2.75, 3.05) is 16.8 Å². The zero-order chi connectivity index (χ0) is 25.0. The quantitative estimate of drug-likeness (QED) is 0.267. The zero-order valence-electron chi connectivity index (χ0n) is 19.6. The van der Waals surface area contributed by atoms with E-state index in [1.54, 1.807) is 18.2 Å². The van der Waals surface area contributed by atoms with Gasteiger partial charge in [-0.3, -0.25) is 10.2 Å². The second-order valence-electron chi connectivity index (χ2n) is 9.03. The number of fused-ring (bicyclic) bond motifs is 2. The van der Waals surface area contributed by atoms with E-state index in [4.69, 9.17) is 21.3 Å². The third-order valence-corrected chi connectivity index (χ3v) is 6.54. The molecule has 2 aromatic carbocycles. The Kier molecular flexibility index (Phi) is 4.96. The van der Waals surface area contributed by atoms with Crippen molar-refractivity contribution in [1.29, 1.82) is 5.41 Å². The minimum atomic E-state index is 0.0280. The van der Waals surface area contributed by atoms with Crippen molar-refractivity contribution in [2.24, 2.45) is 0 Å². The second kappa shape index (κ2) is 8.19. The summed E-state index contributed by atoms with van der Waals surface area (Å²) in [5, 5.41) is 13.8. The van der Waals surface area contributed by atoms with E-state index in [1.807, 2.05) is 35.8 Å². The standard InChI is InChI=1S/C26H24N8O2/c1-13-3-2-4-14-9-17(34(16-6-7-16)25(35)20(13)14)11-30-24-21(23(28)31-12-32-24)22(27)15-5-8-19-18(10-15)33-26(29)36-19/h2-5,8-10,12,16,27H,6-7,11H2,1H3,(H2,29,33)(H3,28,30,31,32). The Balaban J connectivity index is 1.37. The summed E-state index contributed by atoms with van der Waals surface area (Å²) in [5.41, 5.74) is 15.9. The fourth-order valence-corrected chi connectivity index (χ4v) is 4.67. The van der Waals surface area contributed by atoms with E-state index in [-0.39, 0.29) is 29.1 Å². The largest absolute Gasteiger partial charge is 0.424 e. The SMILES string of the molecule is Cc1cccc2cc(CNc3ncnc(N)c3C(=N)c3ccc4oc(N)nc4c3)n(C3CC3)c(=O)c12. The number of hydrogen-bond acceptors (Lipinski definition) is 9. The average molecular weight is 481 g/mol. The minimum absolute atomic E-state index is 0.0280. The lowest BCUT2D eigenvalue weighted by molar-refractivity contribution is 0.626. The maximum Gasteiger partial charge on any atom is 0.292 e. The van der Waals surface area contributed by atoms with Crippen molar-refractivity contribution in [3.05, 3.63) is 81.5 Å². The monoisotopic (exact) mass is 480 g/mol. The fourth-order valence-electron chi connectivity index (χ4n) is 4.67. The Bertz CT molecular complexity index is 1730.